The van der Waals surface area contributed by atoms with E-state index in [1.165, 1.54) is 89.9 Å². The molecular formula is C53H95NO5. The summed E-state index contributed by atoms with van der Waals surface area (Å²) in [4.78, 5) is 26.1. The Morgan fingerprint density at radius 2 is 0.966 bits per heavy atom. The SMILES string of the molecule is CC/C=C/C/C=C/C/C=C/CCCCCCCCC(=O)OC(CCCCCC/C=C/C=C/CCCCC)CC(=O)NC(CO)C(O)CCCCCCCCCCCCC. The third kappa shape index (κ3) is 42.1. The zero-order chi connectivity index (χ0) is 43.1. The second kappa shape index (κ2) is 46.6. The molecule has 0 aromatic heterocycles. The highest BCUT2D eigenvalue weighted by Gasteiger charge is 2.24. The number of carbonyl (C=O) groups excluding carboxylic acids is 2. The molecule has 0 aromatic carbocycles. The minimum absolute atomic E-state index is 0.0573. The van der Waals surface area contributed by atoms with Crippen LogP contribution in [0, 0.1) is 0 Å². The molecule has 0 aliphatic heterocycles. The maximum Gasteiger partial charge on any atom is 0.306 e. The van der Waals surface area contributed by atoms with Crippen LogP contribution in [0.15, 0.2) is 60.8 Å². The predicted molar refractivity (Wildman–Crippen MR) is 255 cm³/mol. The Bertz CT molecular complexity index is 1060. The van der Waals surface area contributed by atoms with Crippen molar-refractivity contribution in [1.29, 1.82) is 0 Å². The second-order valence-electron chi connectivity index (χ2n) is 16.9. The van der Waals surface area contributed by atoms with E-state index >= 15 is 0 Å². The second-order valence-corrected chi connectivity index (χ2v) is 16.9. The number of rotatable bonds is 44. The monoisotopic (exact) mass is 826 g/mol. The number of unbranched alkanes of at least 4 members (excludes halogenated alkanes) is 23. The Hall–Kier alpha value is -2.44. The van der Waals surface area contributed by atoms with Gasteiger partial charge in [0.15, 0.2) is 0 Å². The van der Waals surface area contributed by atoms with E-state index in [0.29, 0.717) is 19.3 Å². The highest BCUT2D eigenvalue weighted by molar-refractivity contribution is 5.77. The molecule has 3 unspecified atom stereocenters. The number of aliphatic hydroxyl groups is 2. The molecular weight excluding hydrogens is 731 g/mol. The van der Waals surface area contributed by atoms with E-state index in [1.807, 2.05) is 0 Å². The zero-order valence-electron chi connectivity index (χ0n) is 38.9. The summed E-state index contributed by atoms with van der Waals surface area (Å²) in [7, 11) is 0. The lowest BCUT2D eigenvalue weighted by Crippen LogP contribution is -2.46. The fourth-order valence-corrected chi connectivity index (χ4v) is 7.32. The van der Waals surface area contributed by atoms with Crippen LogP contribution < -0.4 is 5.32 Å². The van der Waals surface area contributed by atoms with Gasteiger partial charge in [0.2, 0.25) is 5.91 Å². The number of carbonyl (C=O) groups is 2. The van der Waals surface area contributed by atoms with Gasteiger partial charge in [-0.05, 0) is 83.5 Å². The number of hydrogen-bond acceptors (Lipinski definition) is 5. The highest BCUT2D eigenvalue weighted by Crippen LogP contribution is 2.17. The van der Waals surface area contributed by atoms with Crippen LogP contribution in [-0.4, -0.2) is 46.9 Å². The van der Waals surface area contributed by atoms with Crippen molar-refractivity contribution < 1.29 is 24.5 Å². The summed E-state index contributed by atoms with van der Waals surface area (Å²) in [5.74, 6) is -0.509. The van der Waals surface area contributed by atoms with E-state index in [0.717, 1.165) is 103 Å². The quantitative estimate of drug-likeness (QED) is 0.0246. The highest BCUT2D eigenvalue weighted by atomic mass is 16.5. The number of aliphatic hydroxyl groups excluding tert-OH is 2. The summed E-state index contributed by atoms with van der Waals surface area (Å²) in [5.41, 5.74) is 0. The molecule has 0 spiro atoms. The smallest absolute Gasteiger partial charge is 0.306 e. The van der Waals surface area contributed by atoms with Crippen molar-refractivity contribution in [2.45, 2.75) is 257 Å². The van der Waals surface area contributed by atoms with Gasteiger partial charge in [-0.3, -0.25) is 9.59 Å². The van der Waals surface area contributed by atoms with Gasteiger partial charge in [-0.1, -0.05) is 204 Å². The van der Waals surface area contributed by atoms with Gasteiger partial charge < -0.3 is 20.3 Å². The van der Waals surface area contributed by atoms with E-state index in [2.05, 4.69) is 86.8 Å². The molecule has 0 aliphatic rings. The van der Waals surface area contributed by atoms with E-state index in [1.54, 1.807) is 0 Å². The molecule has 0 aliphatic carbocycles. The molecule has 6 nitrogen and oxygen atoms in total. The molecule has 3 atom stereocenters. The van der Waals surface area contributed by atoms with Crippen molar-refractivity contribution in [3.63, 3.8) is 0 Å². The van der Waals surface area contributed by atoms with Crippen molar-refractivity contribution in [2.75, 3.05) is 6.61 Å². The van der Waals surface area contributed by atoms with Crippen LogP contribution in [0.2, 0.25) is 0 Å². The van der Waals surface area contributed by atoms with Crippen LogP contribution >= 0.6 is 0 Å². The third-order valence-corrected chi connectivity index (χ3v) is 11.1. The van der Waals surface area contributed by atoms with Crippen LogP contribution in [0.3, 0.4) is 0 Å². The number of nitrogens with one attached hydrogen (secondary N) is 1. The van der Waals surface area contributed by atoms with Gasteiger partial charge in [0.25, 0.3) is 0 Å². The van der Waals surface area contributed by atoms with Gasteiger partial charge in [0, 0.05) is 6.42 Å². The molecule has 0 fully saturated rings. The normalized spacial score (nSPS) is 13.8. The van der Waals surface area contributed by atoms with Crippen molar-refractivity contribution >= 4 is 11.9 Å². The predicted octanol–water partition coefficient (Wildman–Crippen LogP) is 14.8. The van der Waals surface area contributed by atoms with Gasteiger partial charge in [-0.25, -0.2) is 0 Å². The molecule has 3 N–H and O–H groups in total. The Morgan fingerprint density at radius 3 is 1.53 bits per heavy atom. The molecule has 0 saturated carbocycles. The fraction of sp³-hybridized carbons (Fsp3) is 0.774. The number of allylic oxidation sites excluding steroid dienone is 10. The average molecular weight is 826 g/mol. The van der Waals surface area contributed by atoms with Gasteiger partial charge in [-0.2, -0.15) is 0 Å². The van der Waals surface area contributed by atoms with E-state index in [4.69, 9.17) is 4.74 Å². The topological polar surface area (TPSA) is 95.9 Å². The Labute approximate surface area is 365 Å². The first kappa shape index (κ1) is 56.6. The lowest BCUT2D eigenvalue weighted by atomic mass is 10.0. The summed E-state index contributed by atoms with van der Waals surface area (Å²) in [5, 5.41) is 23.7. The minimum Gasteiger partial charge on any atom is -0.462 e. The van der Waals surface area contributed by atoms with Gasteiger partial charge in [0.1, 0.15) is 6.10 Å². The summed E-state index contributed by atoms with van der Waals surface area (Å²) < 4.78 is 5.91. The van der Waals surface area contributed by atoms with E-state index < -0.39 is 18.2 Å². The van der Waals surface area contributed by atoms with Crippen LogP contribution in [0.4, 0.5) is 0 Å². The molecule has 59 heavy (non-hydrogen) atoms. The zero-order valence-corrected chi connectivity index (χ0v) is 38.9. The van der Waals surface area contributed by atoms with Crippen molar-refractivity contribution in [3.8, 4) is 0 Å². The molecule has 0 radical (unpaired) electrons. The molecule has 342 valence electrons. The van der Waals surface area contributed by atoms with Crippen molar-refractivity contribution in [1.82, 2.24) is 5.32 Å². The number of ether oxygens (including phenoxy) is 1. The molecule has 0 heterocycles. The molecule has 0 saturated heterocycles. The number of hydrogen-bond donors (Lipinski definition) is 3. The van der Waals surface area contributed by atoms with Crippen LogP contribution in [0.1, 0.15) is 239 Å². The summed E-state index contributed by atoms with van der Waals surface area (Å²) in [6, 6.07) is -0.711. The van der Waals surface area contributed by atoms with Gasteiger partial charge in [-0.15, -0.1) is 0 Å². The standard InChI is InChI=1S/C53H95NO5/c1-4-7-10-13-16-19-22-24-25-26-28-31-34-37-40-43-46-53(58)59-49(44-41-38-35-32-30-27-23-20-17-14-11-8-5-2)47-52(57)54-50(48-55)51(56)45-42-39-36-33-29-21-18-15-12-9-6-3/h7,10,16-17,19-20,23-25,27,49-51,55-56H,4-6,8-9,11-15,18,21-22,26,28-48H2,1-3H3,(H,54,57)/b10-7+,19-16+,20-17+,25-24+,27-23+. The average Bonchev–Trinajstić information content (AvgIpc) is 3.23. The van der Waals surface area contributed by atoms with E-state index in [-0.39, 0.29) is 24.9 Å². The molecule has 6 heteroatoms. The van der Waals surface area contributed by atoms with Crippen molar-refractivity contribution in [3.05, 3.63) is 60.8 Å². The first-order chi connectivity index (χ1) is 29.0. The van der Waals surface area contributed by atoms with Gasteiger partial charge >= 0.3 is 5.97 Å². The molecule has 0 aromatic rings. The van der Waals surface area contributed by atoms with Crippen LogP contribution in [-0.2, 0) is 14.3 Å². The Balaban J connectivity index is 4.63. The molecule has 0 bridgehead atoms. The maximum absolute atomic E-state index is 13.2. The van der Waals surface area contributed by atoms with E-state index in [9.17, 15) is 19.8 Å². The van der Waals surface area contributed by atoms with Crippen LogP contribution in [0.25, 0.3) is 0 Å². The Morgan fingerprint density at radius 1 is 0.525 bits per heavy atom. The lowest BCUT2D eigenvalue weighted by molar-refractivity contribution is -0.151. The minimum atomic E-state index is -0.795. The first-order valence-electron chi connectivity index (χ1n) is 25.0. The number of esters is 1. The first-order valence-corrected chi connectivity index (χ1v) is 25.0. The molecule has 0 rings (SSSR count). The molecule has 1 amide bonds. The maximum atomic E-state index is 13.2. The summed E-state index contributed by atoms with van der Waals surface area (Å²) in [6.45, 7) is 6.32. The van der Waals surface area contributed by atoms with Crippen LogP contribution in [0.5, 0.6) is 0 Å². The number of amides is 1. The fourth-order valence-electron chi connectivity index (χ4n) is 7.32. The largest absolute Gasteiger partial charge is 0.462 e. The summed E-state index contributed by atoms with van der Waals surface area (Å²) >= 11 is 0. The third-order valence-electron chi connectivity index (χ3n) is 11.1. The Kier molecular flexibility index (Phi) is 44.7. The lowest BCUT2D eigenvalue weighted by Gasteiger charge is -2.24. The van der Waals surface area contributed by atoms with Gasteiger partial charge in [0.05, 0.1) is 25.2 Å². The summed E-state index contributed by atoms with van der Waals surface area (Å²) in [6.07, 6.45) is 57.0. The van der Waals surface area contributed by atoms with Crippen molar-refractivity contribution in [2.24, 2.45) is 0 Å².